The summed E-state index contributed by atoms with van der Waals surface area (Å²) in [6.45, 7) is 9.13. The lowest BCUT2D eigenvalue weighted by Gasteiger charge is -2.34. The van der Waals surface area contributed by atoms with Gasteiger partial charge in [0.15, 0.2) is 0 Å². The molecule has 4 heteroatoms. The van der Waals surface area contributed by atoms with Gasteiger partial charge in [0.05, 0.1) is 19.4 Å². The first-order chi connectivity index (χ1) is 11.2. The SMILES string of the molecule is C=Cc1ccc(C[N+]2(CCCOCCCC)C=CNC2O)cc1. The minimum Gasteiger partial charge on any atom is -0.381 e. The largest absolute Gasteiger partial charge is 0.381 e. The molecule has 1 aliphatic heterocycles. The standard InChI is InChI=1S/C19H29N2O2/c1-3-5-14-23-15-6-12-21(13-11-20-19(21)22)16-18-9-7-17(4-2)8-10-18/h4,7-11,13,19-20,22H,2-3,5-6,12,14-16H2,1H3/q+1. The molecule has 0 aromatic heterocycles. The summed E-state index contributed by atoms with van der Waals surface area (Å²) >= 11 is 0. The Morgan fingerprint density at radius 1 is 1.26 bits per heavy atom. The van der Waals surface area contributed by atoms with Crippen molar-refractivity contribution in [3.05, 3.63) is 54.4 Å². The molecule has 1 heterocycles. The molecule has 2 N–H and O–H groups in total. The second kappa shape index (κ2) is 8.87. The molecule has 0 radical (unpaired) electrons. The number of quaternary nitrogens is 1. The Morgan fingerprint density at radius 2 is 2.00 bits per heavy atom. The van der Waals surface area contributed by atoms with Crippen LogP contribution in [0.2, 0.25) is 0 Å². The molecule has 2 rings (SSSR count). The third-order valence-electron chi connectivity index (χ3n) is 4.30. The van der Waals surface area contributed by atoms with Crippen molar-refractivity contribution in [2.24, 2.45) is 0 Å². The molecule has 0 bridgehead atoms. The summed E-state index contributed by atoms with van der Waals surface area (Å²) in [7, 11) is 0. The van der Waals surface area contributed by atoms with Crippen LogP contribution < -0.4 is 5.32 Å². The number of benzene rings is 1. The Bertz CT molecular complexity index is 513. The van der Waals surface area contributed by atoms with Gasteiger partial charge >= 0.3 is 0 Å². The number of aliphatic hydroxyl groups excluding tert-OH is 1. The molecule has 4 nitrogen and oxygen atoms in total. The zero-order valence-electron chi connectivity index (χ0n) is 14.1. The summed E-state index contributed by atoms with van der Waals surface area (Å²) in [5, 5.41) is 13.4. The molecule has 0 amide bonds. The second-order valence-electron chi connectivity index (χ2n) is 6.11. The first kappa shape index (κ1) is 17.7. The number of unbranched alkanes of at least 4 members (excludes halogenated alkanes) is 1. The van der Waals surface area contributed by atoms with Gasteiger partial charge < -0.3 is 15.2 Å². The maximum atomic E-state index is 10.4. The molecule has 0 aliphatic carbocycles. The summed E-state index contributed by atoms with van der Waals surface area (Å²) in [5.41, 5.74) is 2.31. The Kier molecular flexibility index (Phi) is 6.84. The van der Waals surface area contributed by atoms with Gasteiger partial charge in [0.2, 0.25) is 0 Å². The summed E-state index contributed by atoms with van der Waals surface area (Å²) in [6.07, 6.45) is 8.35. The van der Waals surface area contributed by atoms with Gasteiger partial charge in [0.1, 0.15) is 12.7 Å². The number of nitrogens with zero attached hydrogens (tertiary/aromatic N) is 1. The van der Waals surface area contributed by atoms with Crippen molar-refractivity contribution in [3.63, 3.8) is 0 Å². The van der Waals surface area contributed by atoms with E-state index in [0.717, 1.165) is 51.1 Å². The van der Waals surface area contributed by atoms with E-state index in [-0.39, 0.29) is 0 Å². The first-order valence-electron chi connectivity index (χ1n) is 8.47. The van der Waals surface area contributed by atoms with Gasteiger partial charge in [-0.3, -0.25) is 0 Å². The van der Waals surface area contributed by atoms with E-state index in [9.17, 15) is 5.11 Å². The van der Waals surface area contributed by atoms with Gasteiger partial charge in [-0.1, -0.05) is 50.3 Å². The normalized spacial score (nSPS) is 23.0. The summed E-state index contributed by atoms with van der Waals surface area (Å²) in [5.74, 6) is 0. The highest BCUT2D eigenvalue weighted by atomic mass is 16.5. The van der Waals surface area contributed by atoms with Crippen LogP contribution in [0.15, 0.2) is 43.2 Å². The van der Waals surface area contributed by atoms with Crippen molar-refractivity contribution in [3.8, 4) is 0 Å². The van der Waals surface area contributed by atoms with E-state index in [4.69, 9.17) is 4.74 Å². The molecule has 1 aliphatic rings. The Balaban J connectivity index is 1.93. The van der Waals surface area contributed by atoms with Crippen LogP contribution in [0.3, 0.4) is 0 Å². The van der Waals surface area contributed by atoms with Gasteiger partial charge in [-0.25, -0.2) is 4.48 Å². The highest BCUT2D eigenvalue weighted by Gasteiger charge is 2.37. The van der Waals surface area contributed by atoms with Crippen molar-refractivity contribution in [2.75, 3.05) is 19.8 Å². The van der Waals surface area contributed by atoms with Gasteiger partial charge in [-0.2, -0.15) is 0 Å². The fraction of sp³-hybridized carbons (Fsp3) is 0.474. The minimum atomic E-state index is -0.593. The predicted molar refractivity (Wildman–Crippen MR) is 94.0 cm³/mol. The molecule has 0 saturated heterocycles. The Morgan fingerprint density at radius 3 is 2.61 bits per heavy atom. The molecule has 2 unspecified atom stereocenters. The van der Waals surface area contributed by atoms with Gasteiger partial charge in [-0.05, 0) is 12.0 Å². The van der Waals surface area contributed by atoms with Crippen LogP contribution in [0.4, 0.5) is 0 Å². The molecular weight excluding hydrogens is 288 g/mol. The maximum Gasteiger partial charge on any atom is 0.276 e. The zero-order chi connectivity index (χ0) is 16.5. The highest BCUT2D eigenvalue weighted by Crippen LogP contribution is 2.23. The first-order valence-corrected chi connectivity index (χ1v) is 8.47. The fourth-order valence-electron chi connectivity index (χ4n) is 2.83. The third kappa shape index (κ3) is 4.93. The van der Waals surface area contributed by atoms with Gasteiger partial charge in [-0.15, -0.1) is 0 Å². The van der Waals surface area contributed by atoms with E-state index in [1.54, 1.807) is 0 Å². The third-order valence-corrected chi connectivity index (χ3v) is 4.30. The van der Waals surface area contributed by atoms with Crippen molar-refractivity contribution in [1.29, 1.82) is 0 Å². The number of hydrogen-bond acceptors (Lipinski definition) is 3. The van der Waals surface area contributed by atoms with Crippen LogP contribution in [0.5, 0.6) is 0 Å². The van der Waals surface area contributed by atoms with E-state index in [1.807, 2.05) is 12.3 Å². The molecule has 126 valence electrons. The average molecular weight is 317 g/mol. The van der Waals surface area contributed by atoms with Crippen LogP contribution in [0.1, 0.15) is 37.3 Å². The molecule has 0 fully saturated rings. The zero-order valence-corrected chi connectivity index (χ0v) is 14.1. The van der Waals surface area contributed by atoms with Crippen LogP contribution in [0, 0.1) is 0 Å². The lowest BCUT2D eigenvalue weighted by atomic mass is 10.1. The molecule has 0 spiro atoms. The van der Waals surface area contributed by atoms with E-state index >= 15 is 0 Å². The van der Waals surface area contributed by atoms with Crippen LogP contribution in [-0.2, 0) is 11.3 Å². The average Bonchev–Trinajstić information content (AvgIpc) is 2.92. The smallest absolute Gasteiger partial charge is 0.276 e. The Hall–Kier alpha value is -1.62. The highest BCUT2D eigenvalue weighted by molar-refractivity contribution is 5.47. The van der Waals surface area contributed by atoms with Crippen LogP contribution in [-0.4, -0.2) is 35.7 Å². The molecule has 23 heavy (non-hydrogen) atoms. The minimum absolute atomic E-state index is 0.505. The molecule has 1 aromatic carbocycles. The van der Waals surface area contributed by atoms with E-state index in [0.29, 0.717) is 4.48 Å². The molecule has 0 saturated carbocycles. The topological polar surface area (TPSA) is 41.5 Å². The van der Waals surface area contributed by atoms with E-state index < -0.39 is 6.35 Å². The predicted octanol–water partition coefficient (Wildman–Crippen LogP) is 3.20. The molecule has 2 atom stereocenters. The van der Waals surface area contributed by atoms with Gasteiger partial charge in [0, 0.05) is 18.6 Å². The molecule has 1 aromatic rings. The number of nitrogens with one attached hydrogen (secondary N) is 1. The monoisotopic (exact) mass is 317 g/mol. The van der Waals surface area contributed by atoms with Crippen molar-refractivity contribution < 1.29 is 14.3 Å². The lowest BCUT2D eigenvalue weighted by Crippen LogP contribution is -2.52. The summed E-state index contributed by atoms with van der Waals surface area (Å²) in [4.78, 5) is 0. The Labute approximate surface area is 139 Å². The maximum absolute atomic E-state index is 10.4. The van der Waals surface area contributed by atoms with Crippen LogP contribution >= 0.6 is 0 Å². The number of rotatable bonds is 10. The number of aliphatic hydroxyl groups is 1. The van der Waals surface area contributed by atoms with Crippen LogP contribution in [0.25, 0.3) is 6.08 Å². The molecular formula is C19H29N2O2+. The van der Waals surface area contributed by atoms with E-state index in [1.165, 1.54) is 5.56 Å². The number of ether oxygens (including phenoxy) is 1. The quantitative estimate of drug-likeness (QED) is 0.514. The van der Waals surface area contributed by atoms with Crippen molar-refractivity contribution >= 4 is 6.08 Å². The summed E-state index contributed by atoms with van der Waals surface area (Å²) < 4.78 is 6.15. The fourth-order valence-corrected chi connectivity index (χ4v) is 2.83. The number of hydrogen-bond donors (Lipinski definition) is 2. The van der Waals surface area contributed by atoms with Crippen molar-refractivity contribution in [2.45, 2.75) is 39.1 Å². The second-order valence-corrected chi connectivity index (χ2v) is 6.11. The van der Waals surface area contributed by atoms with Crippen molar-refractivity contribution in [1.82, 2.24) is 5.32 Å². The van der Waals surface area contributed by atoms with Gasteiger partial charge in [0.25, 0.3) is 6.35 Å². The van der Waals surface area contributed by atoms with E-state index in [2.05, 4.69) is 49.3 Å². The lowest BCUT2D eigenvalue weighted by molar-refractivity contribution is -0.935. The summed E-state index contributed by atoms with van der Waals surface area (Å²) in [6, 6.07) is 8.33.